The highest BCUT2D eigenvalue weighted by molar-refractivity contribution is 8.00. The predicted octanol–water partition coefficient (Wildman–Crippen LogP) is 4.21. The number of benzene rings is 2. The number of ether oxygens (including phenoxy) is 1. The van der Waals surface area contributed by atoms with Crippen molar-refractivity contribution in [3.63, 3.8) is 0 Å². The van der Waals surface area contributed by atoms with Crippen molar-refractivity contribution in [2.24, 2.45) is 0 Å². The van der Waals surface area contributed by atoms with Crippen molar-refractivity contribution in [3.8, 4) is 0 Å². The van der Waals surface area contributed by atoms with Crippen LogP contribution < -0.4 is 0 Å². The summed E-state index contributed by atoms with van der Waals surface area (Å²) in [7, 11) is 3.33. The van der Waals surface area contributed by atoms with Crippen molar-refractivity contribution in [2.75, 3.05) is 26.5 Å². The molecule has 5 nitrogen and oxygen atoms in total. The molecule has 8 heteroatoms. The summed E-state index contributed by atoms with van der Waals surface area (Å²) in [6, 6.07) is 11.2. The van der Waals surface area contributed by atoms with Crippen LogP contribution in [0.25, 0.3) is 0 Å². The maximum Gasteiger partial charge on any atom is 0.339 e. The molecule has 27 heavy (non-hydrogen) atoms. The molecule has 0 atom stereocenters. The molecule has 2 rings (SSSR count). The fourth-order valence-electron chi connectivity index (χ4n) is 2.03. The summed E-state index contributed by atoms with van der Waals surface area (Å²) in [5.41, 5.74) is 0.525. The zero-order valence-electron chi connectivity index (χ0n) is 14.7. The summed E-state index contributed by atoms with van der Waals surface area (Å²) < 4.78 is 5.14. The largest absolute Gasteiger partial charge is 0.454 e. The molecule has 0 radical (unpaired) electrons. The first kappa shape index (κ1) is 21.3. The van der Waals surface area contributed by atoms with Gasteiger partial charge in [0.15, 0.2) is 6.61 Å². The van der Waals surface area contributed by atoms with E-state index in [0.717, 1.165) is 0 Å². The first-order chi connectivity index (χ1) is 12.8. The Morgan fingerprint density at radius 3 is 2.41 bits per heavy atom. The first-order valence-electron chi connectivity index (χ1n) is 7.87. The Bertz CT molecular complexity index is 871. The molecule has 0 aromatic heterocycles. The van der Waals surface area contributed by atoms with Crippen LogP contribution in [0.4, 0.5) is 0 Å². The summed E-state index contributed by atoms with van der Waals surface area (Å²) in [4.78, 5) is 38.4. The SMILES string of the molecule is CN(C)C(=O)CSc1ccccc1C(=O)OCC(=O)c1ccc(Cl)cc1Cl. The van der Waals surface area contributed by atoms with E-state index in [1.807, 2.05) is 0 Å². The van der Waals surface area contributed by atoms with Gasteiger partial charge in [-0.3, -0.25) is 9.59 Å². The lowest BCUT2D eigenvalue weighted by molar-refractivity contribution is -0.125. The monoisotopic (exact) mass is 425 g/mol. The summed E-state index contributed by atoms with van der Waals surface area (Å²) in [6.45, 7) is -0.449. The summed E-state index contributed by atoms with van der Waals surface area (Å²) in [6.07, 6.45) is 0. The van der Waals surface area contributed by atoms with Crippen LogP contribution in [0.3, 0.4) is 0 Å². The summed E-state index contributed by atoms with van der Waals surface area (Å²) >= 11 is 13.0. The van der Waals surface area contributed by atoms with Crippen LogP contribution in [0.1, 0.15) is 20.7 Å². The van der Waals surface area contributed by atoms with E-state index in [-0.39, 0.29) is 22.2 Å². The fourth-order valence-corrected chi connectivity index (χ4v) is 3.56. The van der Waals surface area contributed by atoms with Crippen molar-refractivity contribution in [1.29, 1.82) is 0 Å². The smallest absolute Gasteiger partial charge is 0.339 e. The van der Waals surface area contributed by atoms with Gasteiger partial charge < -0.3 is 9.64 Å². The average molecular weight is 426 g/mol. The van der Waals surface area contributed by atoms with E-state index in [0.29, 0.717) is 15.5 Å². The van der Waals surface area contributed by atoms with Gasteiger partial charge in [0, 0.05) is 29.6 Å². The van der Waals surface area contributed by atoms with E-state index in [1.165, 1.54) is 34.9 Å². The molecular weight excluding hydrogens is 409 g/mol. The average Bonchev–Trinajstić information content (AvgIpc) is 2.64. The van der Waals surface area contributed by atoms with Crippen LogP contribution in [-0.4, -0.2) is 49.0 Å². The van der Waals surface area contributed by atoms with Crippen molar-refractivity contribution in [1.82, 2.24) is 4.90 Å². The number of carbonyl (C=O) groups is 3. The van der Waals surface area contributed by atoms with Crippen molar-refractivity contribution < 1.29 is 19.1 Å². The van der Waals surface area contributed by atoms with Gasteiger partial charge in [0.2, 0.25) is 11.7 Å². The molecule has 0 spiro atoms. The minimum atomic E-state index is -0.645. The number of halogens is 2. The van der Waals surface area contributed by atoms with Gasteiger partial charge in [-0.1, -0.05) is 35.3 Å². The molecule has 0 saturated carbocycles. The number of hydrogen-bond donors (Lipinski definition) is 0. The van der Waals surface area contributed by atoms with E-state index in [4.69, 9.17) is 27.9 Å². The molecule has 0 N–H and O–H groups in total. The highest BCUT2D eigenvalue weighted by Crippen LogP contribution is 2.24. The molecule has 0 heterocycles. The molecule has 0 aliphatic carbocycles. The number of thioether (sulfide) groups is 1. The summed E-state index contributed by atoms with van der Waals surface area (Å²) in [5.74, 6) is -0.959. The number of rotatable bonds is 7. The standard InChI is InChI=1S/C19H17Cl2NO4S/c1-22(2)18(24)11-27-17-6-4-3-5-14(17)19(25)26-10-16(23)13-8-7-12(20)9-15(13)21/h3-9H,10-11H2,1-2H3. The van der Waals surface area contributed by atoms with Gasteiger partial charge in [-0.05, 0) is 30.3 Å². The first-order valence-corrected chi connectivity index (χ1v) is 9.61. The second kappa shape index (κ2) is 9.78. The minimum absolute atomic E-state index is 0.0734. The van der Waals surface area contributed by atoms with Crippen molar-refractivity contribution in [3.05, 3.63) is 63.6 Å². The lowest BCUT2D eigenvalue weighted by atomic mass is 10.1. The predicted molar refractivity (Wildman–Crippen MR) is 107 cm³/mol. The molecule has 0 bridgehead atoms. The van der Waals surface area contributed by atoms with Crippen LogP contribution in [0.15, 0.2) is 47.4 Å². The highest BCUT2D eigenvalue weighted by Gasteiger charge is 2.18. The number of nitrogens with zero attached hydrogens (tertiary/aromatic N) is 1. The van der Waals surface area contributed by atoms with Crippen LogP contribution in [0.5, 0.6) is 0 Å². The second-order valence-corrected chi connectivity index (χ2v) is 7.56. The molecule has 2 aromatic carbocycles. The Morgan fingerprint density at radius 1 is 1.04 bits per heavy atom. The Balaban J connectivity index is 2.03. The van der Waals surface area contributed by atoms with Gasteiger partial charge >= 0.3 is 5.97 Å². The zero-order valence-corrected chi connectivity index (χ0v) is 17.0. The van der Waals surface area contributed by atoms with E-state index >= 15 is 0 Å². The molecular formula is C19H17Cl2NO4S. The molecule has 0 saturated heterocycles. The number of ketones is 1. The third-order valence-corrected chi connectivity index (χ3v) is 5.13. The number of hydrogen-bond acceptors (Lipinski definition) is 5. The van der Waals surface area contributed by atoms with E-state index in [9.17, 15) is 14.4 Å². The fraction of sp³-hybridized carbons (Fsp3) is 0.211. The lowest BCUT2D eigenvalue weighted by Crippen LogP contribution is -2.23. The third-order valence-electron chi connectivity index (χ3n) is 3.52. The molecule has 0 unspecified atom stereocenters. The summed E-state index contributed by atoms with van der Waals surface area (Å²) in [5, 5.41) is 0.605. The molecule has 0 aliphatic rings. The number of Topliss-reactive ketones (excluding diaryl/α,β-unsaturated/α-hetero) is 1. The number of amides is 1. The van der Waals surface area contributed by atoms with Gasteiger partial charge in [0.25, 0.3) is 0 Å². The van der Waals surface area contributed by atoms with Gasteiger partial charge in [-0.2, -0.15) is 0 Å². The molecule has 2 aromatic rings. The van der Waals surface area contributed by atoms with Gasteiger partial charge in [-0.25, -0.2) is 4.79 Å². The van der Waals surface area contributed by atoms with Crippen LogP contribution in [-0.2, 0) is 9.53 Å². The Kier molecular flexibility index (Phi) is 7.71. The molecule has 0 fully saturated rings. The van der Waals surface area contributed by atoms with E-state index in [1.54, 1.807) is 38.4 Å². The maximum absolute atomic E-state index is 12.4. The van der Waals surface area contributed by atoms with E-state index in [2.05, 4.69) is 0 Å². The normalized spacial score (nSPS) is 10.4. The topological polar surface area (TPSA) is 63.7 Å². The highest BCUT2D eigenvalue weighted by atomic mass is 35.5. The van der Waals surface area contributed by atoms with E-state index < -0.39 is 18.4 Å². The molecule has 0 aliphatic heterocycles. The zero-order chi connectivity index (χ0) is 20.0. The van der Waals surface area contributed by atoms with Gasteiger partial charge in [0.05, 0.1) is 16.3 Å². The Morgan fingerprint density at radius 2 is 1.74 bits per heavy atom. The molecule has 1 amide bonds. The van der Waals surface area contributed by atoms with Crippen molar-refractivity contribution in [2.45, 2.75) is 4.90 Å². The van der Waals surface area contributed by atoms with Crippen LogP contribution in [0.2, 0.25) is 10.0 Å². The molecule has 142 valence electrons. The minimum Gasteiger partial charge on any atom is -0.454 e. The van der Waals surface area contributed by atoms with Crippen LogP contribution in [0, 0.1) is 0 Å². The van der Waals surface area contributed by atoms with Gasteiger partial charge in [0.1, 0.15) is 0 Å². The van der Waals surface area contributed by atoms with Crippen molar-refractivity contribution >= 4 is 52.6 Å². The Hall–Kier alpha value is -2.02. The number of carbonyl (C=O) groups excluding carboxylic acids is 3. The number of esters is 1. The lowest BCUT2D eigenvalue weighted by Gasteiger charge is -2.12. The van der Waals surface area contributed by atoms with Crippen LogP contribution >= 0.6 is 35.0 Å². The second-order valence-electron chi connectivity index (χ2n) is 5.70. The quantitative estimate of drug-likeness (QED) is 0.377. The third kappa shape index (κ3) is 5.99. The Labute approximate surface area is 171 Å². The van der Waals surface area contributed by atoms with Gasteiger partial charge in [-0.15, -0.1) is 11.8 Å². The maximum atomic E-state index is 12.4.